The summed E-state index contributed by atoms with van der Waals surface area (Å²) in [6, 6.07) is 0. The number of hydrogen-bond acceptors (Lipinski definition) is 4. The van der Waals surface area contributed by atoms with Crippen LogP contribution < -0.4 is 5.32 Å². The minimum atomic E-state index is -2.50. The molecule has 1 amide bonds. The third kappa shape index (κ3) is 6.55. The van der Waals surface area contributed by atoms with E-state index in [1.54, 1.807) is 13.3 Å². The molecule has 0 saturated heterocycles. The predicted molar refractivity (Wildman–Crippen MR) is 59.6 cm³/mol. The summed E-state index contributed by atoms with van der Waals surface area (Å²) in [6.45, 7) is 3.02. The first kappa shape index (κ1) is 15.1. The lowest BCUT2D eigenvalue weighted by Crippen LogP contribution is -2.38. The monoisotopic (exact) mass is 253 g/mol. The molecule has 8 heteroatoms. The fourth-order valence-corrected chi connectivity index (χ4v) is 2.41. The van der Waals surface area contributed by atoms with Crippen molar-refractivity contribution in [2.45, 2.75) is 18.6 Å². The molecule has 0 saturated carbocycles. The van der Waals surface area contributed by atoms with Crippen LogP contribution in [0.3, 0.4) is 0 Å². The van der Waals surface area contributed by atoms with Crippen molar-refractivity contribution in [3.8, 4) is 0 Å². The number of nitrogens with zero attached hydrogens (tertiary/aromatic N) is 1. The molecule has 16 heavy (non-hydrogen) atoms. The van der Waals surface area contributed by atoms with Crippen molar-refractivity contribution in [3.05, 3.63) is 0 Å². The summed E-state index contributed by atoms with van der Waals surface area (Å²) in [5.74, 6) is -1.45. The second-order valence-corrected chi connectivity index (χ2v) is 7.31. The number of nitrogens with one attached hydrogen (secondary N) is 1. The van der Waals surface area contributed by atoms with Gasteiger partial charge in [-0.05, 0) is 19.8 Å². The van der Waals surface area contributed by atoms with Crippen LogP contribution in [0.4, 0.5) is 0 Å². The van der Waals surface area contributed by atoms with E-state index in [2.05, 4.69) is 5.32 Å². The normalized spacial score (nSPS) is 13.2. The molecule has 0 aromatic heterocycles. The molecule has 4 N–H and O–H groups in total. The number of carboxylic acids is 1. The molecule has 0 aromatic rings. The molecule has 0 heterocycles. The maximum Gasteiger partial charge on any atom is 0.303 e. The summed E-state index contributed by atoms with van der Waals surface area (Å²) >= 11 is 0. The number of aliphatic carboxylic acids is 1. The van der Waals surface area contributed by atoms with E-state index < -0.39 is 18.9 Å². The first-order valence-electron chi connectivity index (χ1n) is 4.70. The minimum Gasteiger partial charge on any atom is -0.481 e. The standard InChI is InChI=1S/C8H17N2O5P/c1-16(2,15)7(3-4-8(12)13)9-5-10(14)6-11/h6-7,9,14H,3-5H2,1-2H3,(H,12,13)/p+1. The number of carboxylic acid groups (broad SMARTS) is 1. The molecule has 7 nitrogen and oxygen atoms in total. The molecule has 0 spiro atoms. The van der Waals surface area contributed by atoms with Crippen molar-refractivity contribution in [1.29, 1.82) is 0 Å². The summed E-state index contributed by atoms with van der Waals surface area (Å²) in [5.41, 5.74) is 0. The maximum atomic E-state index is 11.8. The van der Waals surface area contributed by atoms with E-state index in [0.29, 0.717) is 11.5 Å². The van der Waals surface area contributed by atoms with Crippen LogP contribution in [0.2, 0.25) is 0 Å². The zero-order valence-electron chi connectivity index (χ0n) is 9.34. The Morgan fingerprint density at radius 1 is 1.62 bits per heavy atom. The van der Waals surface area contributed by atoms with Gasteiger partial charge in [0.25, 0.3) is 6.41 Å². The second kappa shape index (κ2) is 6.62. The number of carbonyl (C=O) groups is 2. The fraction of sp³-hybridized carbons (Fsp3) is 0.750. The summed E-state index contributed by atoms with van der Waals surface area (Å²) in [4.78, 5) is 20.6. The zero-order chi connectivity index (χ0) is 12.8. The molecule has 0 aromatic carbocycles. The molecule has 94 valence electrons. The van der Waals surface area contributed by atoms with E-state index in [-0.39, 0.29) is 19.5 Å². The zero-order valence-corrected chi connectivity index (χ0v) is 10.2. The first-order chi connectivity index (χ1) is 7.27. The second-order valence-electron chi connectivity index (χ2n) is 3.82. The molecule has 1 atom stereocenters. The van der Waals surface area contributed by atoms with E-state index in [1.165, 1.54) is 0 Å². The van der Waals surface area contributed by atoms with Crippen molar-refractivity contribution >= 4 is 19.5 Å². The molecule has 1 unspecified atom stereocenters. The number of carbonyl (C=O) groups excluding carboxylic acids is 1. The van der Waals surface area contributed by atoms with E-state index >= 15 is 0 Å². The third-order valence-corrected chi connectivity index (χ3v) is 3.95. The van der Waals surface area contributed by atoms with Crippen molar-refractivity contribution in [2.75, 3.05) is 20.0 Å². The Bertz CT molecular complexity index is 290. The third-order valence-electron chi connectivity index (χ3n) is 2.01. The van der Waals surface area contributed by atoms with E-state index in [1.807, 2.05) is 0 Å². The smallest absolute Gasteiger partial charge is 0.303 e. The van der Waals surface area contributed by atoms with Crippen LogP contribution in [-0.4, -0.2) is 53.5 Å². The van der Waals surface area contributed by atoms with E-state index in [0.717, 1.165) is 0 Å². The van der Waals surface area contributed by atoms with Crippen LogP contribution in [0.25, 0.3) is 0 Å². The van der Waals surface area contributed by atoms with E-state index in [9.17, 15) is 14.2 Å². The van der Waals surface area contributed by atoms with Gasteiger partial charge in [0.05, 0.1) is 12.9 Å². The number of hydrogen-bond donors (Lipinski definition) is 2. The van der Waals surface area contributed by atoms with Crippen LogP contribution in [0, 0.1) is 0 Å². The predicted octanol–water partition coefficient (Wildman–Crippen LogP) is -0.555. The topological polar surface area (TPSA) is 110 Å². The lowest BCUT2D eigenvalue weighted by atomic mass is 10.3. The van der Waals surface area contributed by atoms with Gasteiger partial charge in [-0.3, -0.25) is 14.9 Å². The van der Waals surface area contributed by atoms with Crippen molar-refractivity contribution < 1.29 is 24.5 Å². The summed E-state index contributed by atoms with van der Waals surface area (Å²) in [7, 11) is -2.50. The van der Waals surface area contributed by atoms with Gasteiger partial charge in [-0.1, -0.05) is 0 Å². The fourth-order valence-electron chi connectivity index (χ4n) is 1.13. The van der Waals surface area contributed by atoms with Crippen molar-refractivity contribution in [1.82, 2.24) is 10.4 Å². The Kier molecular flexibility index (Phi) is 6.25. The summed E-state index contributed by atoms with van der Waals surface area (Å²) in [5, 5.41) is 18.9. The average molecular weight is 253 g/mol. The highest BCUT2D eigenvalue weighted by Crippen LogP contribution is 2.42. The van der Waals surface area contributed by atoms with Gasteiger partial charge in [-0.25, -0.2) is 0 Å². The van der Waals surface area contributed by atoms with E-state index in [4.69, 9.17) is 10.3 Å². The first-order valence-corrected chi connectivity index (χ1v) is 7.37. The highest BCUT2D eigenvalue weighted by atomic mass is 31.2. The summed E-state index contributed by atoms with van der Waals surface area (Å²) in [6.07, 6.45) is 0.437. The van der Waals surface area contributed by atoms with Crippen LogP contribution in [-0.2, 0) is 14.2 Å². The molecule has 0 fully saturated rings. The van der Waals surface area contributed by atoms with Crippen LogP contribution >= 0.6 is 7.14 Å². The largest absolute Gasteiger partial charge is 0.481 e. The quantitative estimate of drug-likeness (QED) is 0.198. The molecular weight excluding hydrogens is 235 g/mol. The van der Waals surface area contributed by atoms with Gasteiger partial charge in [0.2, 0.25) is 0 Å². The van der Waals surface area contributed by atoms with Crippen LogP contribution in [0.5, 0.6) is 0 Å². The van der Waals surface area contributed by atoms with Gasteiger partial charge in [0.15, 0.2) is 0 Å². The minimum absolute atomic E-state index is 0.0700. The maximum absolute atomic E-state index is 11.8. The van der Waals surface area contributed by atoms with Gasteiger partial charge in [0, 0.05) is 6.42 Å². The van der Waals surface area contributed by atoms with Gasteiger partial charge in [-0.15, -0.1) is 5.06 Å². The van der Waals surface area contributed by atoms with Gasteiger partial charge in [0.1, 0.15) is 6.67 Å². The van der Waals surface area contributed by atoms with Crippen molar-refractivity contribution in [3.63, 3.8) is 0 Å². The van der Waals surface area contributed by atoms with Crippen molar-refractivity contribution in [2.24, 2.45) is 0 Å². The Morgan fingerprint density at radius 2 is 2.19 bits per heavy atom. The molecule has 0 bridgehead atoms. The Morgan fingerprint density at radius 3 is 2.56 bits per heavy atom. The number of rotatable bonds is 8. The average Bonchev–Trinajstić information content (AvgIpc) is 2.14. The van der Waals surface area contributed by atoms with Gasteiger partial charge < -0.3 is 14.9 Å². The molecule has 0 aliphatic carbocycles. The number of hydroxylamine groups is 2. The number of amides is 1. The molecule has 0 rings (SSSR count). The molecular formula is C8H18N2O5P+. The Hall–Kier alpha value is -0.910. The molecule has 0 aliphatic heterocycles. The van der Waals surface area contributed by atoms with Gasteiger partial charge >= 0.3 is 5.97 Å². The molecule has 0 radical (unpaired) electrons. The summed E-state index contributed by atoms with van der Waals surface area (Å²) < 4.78 is 11.8. The Balaban J connectivity index is 4.28. The highest BCUT2D eigenvalue weighted by Gasteiger charge is 2.24. The Labute approximate surface area is 93.8 Å². The lowest BCUT2D eigenvalue weighted by molar-refractivity contribution is -0.151. The van der Waals surface area contributed by atoms with Gasteiger partial charge in [-0.2, -0.15) is 0 Å². The highest BCUT2D eigenvalue weighted by molar-refractivity contribution is 7.63. The van der Waals surface area contributed by atoms with Crippen LogP contribution in [0.15, 0.2) is 0 Å². The van der Waals surface area contributed by atoms with Crippen LogP contribution in [0.1, 0.15) is 12.8 Å². The SMILES string of the molecule is CP(C)(=O)C(CCC(=O)O)NCN([OH2+])C=O. The lowest BCUT2D eigenvalue weighted by Gasteiger charge is -2.22. The molecule has 0 aliphatic rings.